The highest BCUT2D eigenvalue weighted by atomic mass is 16.5. The SMILES string of the molecule is COc1cccc(/C=N/NC(=O)CNC(=O)Cc2ccccc2)c1O. The number of amides is 2. The molecule has 0 unspecified atom stereocenters. The van der Waals surface area contributed by atoms with Crippen LogP contribution in [0.2, 0.25) is 0 Å². The van der Waals surface area contributed by atoms with Crippen LogP contribution >= 0.6 is 0 Å². The molecule has 0 aliphatic rings. The van der Waals surface area contributed by atoms with E-state index in [4.69, 9.17) is 4.74 Å². The maximum atomic E-state index is 11.8. The number of hydrazone groups is 1. The van der Waals surface area contributed by atoms with Crippen molar-refractivity contribution in [2.24, 2.45) is 5.10 Å². The first-order valence-electron chi connectivity index (χ1n) is 7.58. The van der Waals surface area contributed by atoms with Crippen molar-refractivity contribution < 1.29 is 19.4 Å². The van der Waals surface area contributed by atoms with Gasteiger partial charge in [-0.2, -0.15) is 5.10 Å². The Morgan fingerprint density at radius 1 is 1.12 bits per heavy atom. The Kier molecular flexibility index (Phi) is 6.53. The molecule has 0 heterocycles. The van der Waals surface area contributed by atoms with Crippen molar-refractivity contribution in [3.05, 3.63) is 59.7 Å². The minimum absolute atomic E-state index is 0.0702. The number of rotatable bonds is 7. The quantitative estimate of drug-likeness (QED) is 0.520. The summed E-state index contributed by atoms with van der Waals surface area (Å²) in [4.78, 5) is 23.4. The van der Waals surface area contributed by atoms with Crippen LogP contribution in [0, 0.1) is 0 Å². The van der Waals surface area contributed by atoms with Crippen LogP contribution < -0.4 is 15.5 Å². The van der Waals surface area contributed by atoms with Crippen LogP contribution in [0.25, 0.3) is 0 Å². The van der Waals surface area contributed by atoms with Gasteiger partial charge in [-0.05, 0) is 17.7 Å². The highest BCUT2D eigenvalue weighted by Crippen LogP contribution is 2.27. The lowest BCUT2D eigenvalue weighted by Gasteiger charge is -2.05. The van der Waals surface area contributed by atoms with Crippen LogP contribution in [0.5, 0.6) is 11.5 Å². The predicted octanol–water partition coefficient (Wildman–Crippen LogP) is 1.21. The van der Waals surface area contributed by atoms with Crippen molar-refractivity contribution in [1.29, 1.82) is 0 Å². The number of para-hydroxylation sites is 1. The fourth-order valence-electron chi connectivity index (χ4n) is 2.04. The Morgan fingerprint density at radius 2 is 1.88 bits per heavy atom. The molecule has 2 amide bonds. The average Bonchev–Trinajstić information content (AvgIpc) is 2.62. The molecular formula is C18H19N3O4. The standard InChI is InChI=1S/C18H19N3O4/c1-25-15-9-5-8-14(18(15)24)11-20-21-17(23)12-19-16(22)10-13-6-3-2-4-7-13/h2-9,11,24H,10,12H2,1H3,(H,19,22)(H,21,23)/b20-11+. The molecule has 0 atom stereocenters. The highest BCUT2D eigenvalue weighted by Gasteiger charge is 2.07. The third-order valence-electron chi connectivity index (χ3n) is 3.30. The lowest BCUT2D eigenvalue weighted by atomic mass is 10.1. The lowest BCUT2D eigenvalue weighted by molar-refractivity contribution is -0.125. The Bertz CT molecular complexity index is 760. The minimum Gasteiger partial charge on any atom is -0.504 e. The number of phenols is 1. The van der Waals surface area contributed by atoms with Crippen molar-refractivity contribution in [2.75, 3.05) is 13.7 Å². The van der Waals surface area contributed by atoms with Crippen molar-refractivity contribution >= 4 is 18.0 Å². The van der Waals surface area contributed by atoms with Crippen molar-refractivity contribution in [2.45, 2.75) is 6.42 Å². The number of nitrogens with one attached hydrogen (secondary N) is 2. The first-order chi connectivity index (χ1) is 12.1. The predicted molar refractivity (Wildman–Crippen MR) is 93.6 cm³/mol. The summed E-state index contributed by atoms with van der Waals surface area (Å²) in [7, 11) is 1.44. The molecule has 2 aromatic carbocycles. The lowest BCUT2D eigenvalue weighted by Crippen LogP contribution is -2.35. The van der Waals surface area contributed by atoms with Crippen LogP contribution in [-0.4, -0.2) is 36.8 Å². The summed E-state index contributed by atoms with van der Waals surface area (Å²) in [5.74, 6) is -0.488. The van der Waals surface area contributed by atoms with Crippen LogP contribution in [-0.2, 0) is 16.0 Å². The van der Waals surface area contributed by atoms with E-state index in [-0.39, 0.29) is 24.6 Å². The van der Waals surface area contributed by atoms with E-state index in [0.29, 0.717) is 11.3 Å². The van der Waals surface area contributed by atoms with E-state index in [0.717, 1.165) is 5.56 Å². The molecule has 0 fully saturated rings. The summed E-state index contributed by atoms with van der Waals surface area (Å²) in [5, 5.41) is 16.1. The van der Waals surface area contributed by atoms with Crippen LogP contribution in [0.15, 0.2) is 53.6 Å². The van der Waals surface area contributed by atoms with E-state index in [1.165, 1.54) is 13.3 Å². The van der Waals surface area contributed by atoms with E-state index >= 15 is 0 Å². The van der Waals surface area contributed by atoms with Gasteiger partial charge in [0.2, 0.25) is 5.91 Å². The number of benzene rings is 2. The van der Waals surface area contributed by atoms with E-state index in [1.54, 1.807) is 18.2 Å². The number of hydrogen-bond acceptors (Lipinski definition) is 5. The number of methoxy groups -OCH3 is 1. The maximum absolute atomic E-state index is 11.8. The minimum atomic E-state index is -0.472. The summed E-state index contributed by atoms with van der Waals surface area (Å²) in [5.41, 5.74) is 3.54. The van der Waals surface area contributed by atoms with Crippen molar-refractivity contribution in [1.82, 2.24) is 10.7 Å². The monoisotopic (exact) mass is 341 g/mol. The zero-order valence-corrected chi connectivity index (χ0v) is 13.7. The molecule has 3 N–H and O–H groups in total. The second-order valence-electron chi connectivity index (χ2n) is 5.13. The summed E-state index contributed by atoms with van der Waals surface area (Å²) in [6.07, 6.45) is 1.50. The summed E-state index contributed by atoms with van der Waals surface area (Å²) < 4.78 is 4.98. The van der Waals surface area contributed by atoms with Crippen LogP contribution in [0.1, 0.15) is 11.1 Å². The number of carbonyl (C=O) groups excluding carboxylic acids is 2. The molecule has 2 rings (SSSR count). The third-order valence-corrected chi connectivity index (χ3v) is 3.30. The molecule has 0 aromatic heterocycles. The molecule has 0 saturated carbocycles. The number of hydrogen-bond donors (Lipinski definition) is 3. The van der Waals surface area contributed by atoms with Gasteiger partial charge in [-0.3, -0.25) is 9.59 Å². The van der Waals surface area contributed by atoms with Crippen LogP contribution in [0.3, 0.4) is 0 Å². The second kappa shape index (κ2) is 9.07. The number of aromatic hydroxyl groups is 1. The molecule has 0 aliphatic carbocycles. The normalized spacial score (nSPS) is 10.4. The zero-order valence-electron chi connectivity index (χ0n) is 13.7. The molecule has 0 radical (unpaired) electrons. The maximum Gasteiger partial charge on any atom is 0.259 e. The van der Waals surface area contributed by atoms with E-state index in [1.807, 2.05) is 30.3 Å². The number of carbonyl (C=O) groups is 2. The van der Waals surface area contributed by atoms with Gasteiger partial charge in [0.05, 0.1) is 26.3 Å². The Morgan fingerprint density at radius 3 is 2.60 bits per heavy atom. The number of ether oxygens (including phenoxy) is 1. The summed E-state index contributed by atoms with van der Waals surface area (Å²) in [6.45, 7) is -0.187. The number of phenolic OH excluding ortho intramolecular Hbond substituents is 1. The molecule has 2 aromatic rings. The molecular weight excluding hydrogens is 322 g/mol. The first-order valence-corrected chi connectivity index (χ1v) is 7.58. The van der Waals surface area contributed by atoms with Crippen molar-refractivity contribution in [3.63, 3.8) is 0 Å². The van der Waals surface area contributed by atoms with Gasteiger partial charge in [0.15, 0.2) is 11.5 Å². The van der Waals surface area contributed by atoms with Crippen LogP contribution in [0.4, 0.5) is 0 Å². The zero-order chi connectivity index (χ0) is 18.1. The molecule has 25 heavy (non-hydrogen) atoms. The van der Waals surface area contributed by atoms with Gasteiger partial charge in [-0.1, -0.05) is 36.4 Å². The van der Waals surface area contributed by atoms with E-state index in [9.17, 15) is 14.7 Å². The largest absolute Gasteiger partial charge is 0.504 e. The van der Waals surface area contributed by atoms with Gasteiger partial charge in [-0.15, -0.1) is 0 Å². The molecule has 7 nitrogen and oxygen atoms in total. The molecule has 130 valence electrons. The van der Waals surface area contributed by atoms with Gasteiger partial charge in [-0.25, -0.2) is 5.43 Å². The first kappa shape index (κ1) is 18.0. The van der Waals surface area contributed by atoms with Crippen molar-refractivity contribution in [3.8, 4) is 11.5 Å². The fraction of sp³-hybridized carbons (Fsp3) is 0.167. The van der Waals surface area contributed by atoms with Gasteiger partial charge < -0.3 is 15.2 Å². The van der Waals surface area contributed by atoms with Gasteiger partial charge in [0.25, 0.3) is 5.91 Å². The molecule has 0 saturated heterocycles. The van der Waals surface area contributed by atoms with Gasteiger partial charge in [0, 0.05) is 5.56 Å². The topological polar surface area (TPSA) is 100 Å². The number of nitrogens with zero attached hydrogens (tertiary/aromatic N) is 1. The smallest absolute Gasteiger partial charge is 0.259 e. The highest BCUT2D eigenvalue weighted by molar-refractivity contribution is 5.88. The average molecular weight is 341 g/mol. The second-order valence-corrected chi connectivity index (χ2v) is 5.13. The Labute approximate surface area is 145 Å². The van der Waals surface area contributed by atoms with E-state index < -0.39 is 5.91 Å². The summed E-state index contributed by atoms with van der Waals surface area (Å²) in [6, 6.07) is 14.1. The third kappa shape index (κ3) is 5.65. The fourth-order valence-corrected chi connectivity index (χ4v) is 2.04. The Hall–Kier alpha value is -3.35. The molecule has 0 bridgehead atoms. The molecule has 0 spiro atoms. The van der Waals surface area contributed by atoms with Gasteiger partial charge >= 0.3 is 0 Å². The van der Waals surface area contributed by atoms with Gasteiger partial charge in [0.1, 0.15) is 0 Å². The van der Waals surface area contributed by atoms with E-state index in [2.05, 4.69) is 15.8 Å². The molecule has 0 aliphatic heterocycles. The summed E-state index contributed by atoms with van der Waals surface area (Å²) >= 11 is 0. The Balaban J connectivity index is 1.78. The molecule has 7 heteroatoms.